The zero-order valence-electron chi connectivity index (χ0n) is 13.3. The molecule has 1 aromatic heterocycles. The fourth-order valence-electron chi connectivity index (χ4n) is 2.95. The quantitative estimate of drug-likeness (QED) is 0.872. The van der Waals surface area contributed by atoms with E-state index in [0.29, 0.717) is 5.56 Å². The van der Waals surface area contributed by atoms with Crippen molar-refractivity contribution in [2.45, 2.75) is 51.1 Å². The Morgan fingerprint density at radius 3 is 2.54 bits per heavy atom. The molecule has 1 aliphatic carbocycles. The third-order valence-corrected chi connectivity index (χ3v) is 4.21. The van der Waals surface area contributed by atoms with E-state index in [4.69, 9.17) is 4.42 Å². The number of carbonyl (C=O) groups is 1. The SMILES string of the molecule is O=C(Cn1nc(-c2ccc(F)cc2)oc1=O)NC1CCCCCC1. The molecular formula is C17H20FN3O3. The molecule has 0 spiro atoms. The lowest BCUT2D eigenvalue weighted by molar-refractivity contribution is -0.122. The number of hydrogen-bond donors (Lipinski definition) is 1. The van der Waals surface area contributed by atoms with Gasteiger partial charge in [0.25, 0.3) is 0 Å². The Labute approximate surface area is 138 Å². The number of rotatable bonds is 4. The molecule has 1 aromatic carbocycles. The number of aromatic nitrogens is 2. The van der Waals surface area contributed by atoms with Crippen molar-refractivity contribution in [2.75, 3.05) is 0 Å². The van der Waals surface area contributed by atoms with Gasteiger partial charge in [0, 0.05) is 11.6 Å². The normalized spacial score (nSPS) is 15.9. The number of nitrogens with zero attached hydrogens (tertiary/aromatic N) is 2. The molecule has 1 heterocycles. The summed E-state index contributed by atoms with van der Waals surface area (Å²) < 4.78 is 19.0. The zero-order chi connectivity index (χ0) is 16.9. The summed E-state index contributed by atoms with van der Waals surface area (Å²) in [5.41, 5.74) is 0.483. The van der Waals surface area contributed by atoms with Crippen LogP contribution in [0.3, 0.4) is 0 Å². The number of nitrogens with one attached hydrogen (secondary N) is 1. The summed E-state index contributed by atoms with van der Waals surface area (Å²) in [6, 6.07) is 5.62. The number of hydrogen-bond acceptors (Lipinski definition) is 4. The maximum absolute atomic E-state index is 12.9. The van der Waals surface area contributed by atoms with Crippen LogP contribution in [0, 0.1) is 5.82 Å². The van der Waals surface area contributed by atoms with Gasteiger partial charge in [0.15, 0.2) is 0 Å². The van der Waals surface area contributed by atoms with Gasteiger partial charge in [0.2, 0.25) is 11.8 Å². The Morgan fingerprint density at radius 2 is 1.88 bits per heavy atom. The third kappa shape index (κ3) is 4.10. The second kappa shape index (κ2) is 7.42. The van der Waals surface area contributed by atoms with Gasteiger partial charge in [-0.1, -0.05) is 25.7 Å². The fourth-order valence-corrected chi connectivity index (χ4v) is 2.95. The number of benzene rings is 1. The maximum atomic E-state index is 12.9. The molecular weight excluding hydrogens is 313 g/mol. The highest BCUT2D eigenvalue weighted by atomic mass is 19.1. The van der Waals surface area contributed by atoms with E-state index < -0.39 is 5.76 Å². The number of carbonyl (C=O) groups excluding carboxylic acids is 1. The van der Waals surface area contributed by atoms with E-state index in [1.54, 1.807) is 0 Å². The second-order valence-electron chi connectivity index (χ2n) is 6.09. The van der Waals surface area contributed by atoms with Crippen molar-refractivity contribution in [3.05, 3.63) is 40.6 Å². The van der Waals surface area contributed by atoms with Crippen LogP contribution in [0.5, 0.6) is 0 Å². The molecule has 128 valence electrons. The first kappa shape index (κ1) is 16.4. The molecule has 1 aliphatic rings. The van der Waals surface area contributed by atoms with E-state index in [9.17, 15) is 14.0 Å². The van der Waals surface area contributed by atoms with Gasteiger partial charge < -0.3 is 9.73 Å². The second-order valence-corrected chi connectivity index (χ2v) is 6.09. The molecule has 2 aromatic rings. The van der Waals surface area contributed by atoms with Gasteiger partial charge in [-0.05, 0) is 37.1 Å². The van der Waals surface area contributed by atoms with Crippen LogP contribution >= 0.6 is 0 Å². The van der Waals surface area contributed by atoms with Crippen LogP contribution in [0.1, 0.15) is 38.5 Å². The van der Waals surface area contributed by atoms with Crippen molar-refractivity contribution >= 4 is 5.91 Å². The lowest BCUT2D eigenvalue weighted by atomic mass is 10.1. The molecule has 0 unspecified atom stereocenters. The largest absolute Gasteiger partial charge is 0.437 e. The molecule has 0 atom stereocenters. The zero-order valence-corrected chi connectivity index (χ0v) is 13.3. The van der Waals surface area contributed by atoms with Crippen LogP contribution in [0.15, 0.2) is 33.5 Å². The molecule has 6 nitrogen and oxygen atoms in total. The van der Waals surface area contributed by atoms with Crippen LogP contribution in [0.2, 0.25) is 0 Å². The van der Waals surface area contributed by atoms with Crippen molar-refractivity contribution < 1.29 is 13.6 Å². The van der Waals surface area contributed by atoms with Gasteiger partial charge >= 0.3 is 5.76 Å². The summed E-state index contributed by atoms with van der Waals surface area (Å²) in [5.74, 6) is -1.26. The van der Waals surface area contributed by atoms with E-state index in [1.165, 1.54) is 37.1 Å². The molecule has 0 saturated heterocycles. The predicted molar refractivity (Wildman–Crippen MR) is 85.8 cm³/mol. The summed E-state index contributed by atoms with van der Waals surface area (Å²) in [6.45, 7) is -0.181. The Kier molecular flexibility index (Phi) is 5.08. The first-order valence-corrected chi connectivity index (χ1v) is 8.25. The summed E-state index contributed by atoms with van der Waals surface area (Å²) >= 11 is 0. The highest BCUT2D eigenvalue weighted by molar-refractivity contribution is 5.75. The summed E-state index contributed by atoms with van der Waals surface area (Å²) in [5, 5.41) is 6.98. The van der Waals surface area contributed by atoms with Crippen LogP contribution < -0.4 is 11.1 Å². The van der Waals surface area contributed by atoms with E-state index in [2.05, 4.69) is 10.4 Å². The van der Waals surface area contributed by atoms with E-state index >= 15 is 0 Å². The van der Waals surface area contributed by atoms with E-state index in [1.807, 2.05) is 0 Å². The molecule has 0 radical (unpaired) electrons. The topological polar surface area (TPSA) is 77.1 Å². The van der Waals surface area contributed by atoms with Gasteiger partial charge in [-0.3, -0.25) is 4.79 Å². The van der Waals surface area contributed by atoms with Crippen molar-refractivity contribution in [1.29, 1.82) is 0 Å². The average molecular weight is 333 g/mol. The summed E-state index contributed by atoms with van der Waals surface area (Å²) in [7, 11) is 0. The Morgan fingerprint density at radius 1 is 1.21 bits per heavy atom. The lowest BCUT2D eigenvalue weighted by Crippen LogP contribution is -2.38. The van der Waals surface area contributed by atoms with Crippen molar-refractivity contribution in [3.63, 3.8) is 0 Å². The molecule has 1 saturated carbocycles. The summed E-state index contributed by atoms with van der Waals surface area (Å²) in [4.78, 5) is 24.0. The molecule has 7 heteroatoms. The molecule has 0 bridgehead atoms. The van der Waals surface area contributed by atoms with Crippen molar-refractivity contribution in [1.82, 2.24) is 15.1 Å². The maximum Gasteiger partial charge on any atom is 0.437 e. The molecule has 24 heavy (non-hydrogen) atoms. The van der Waals surface area contributed by atoms with Crippen LogP contribution in [0.25, 0.3) is 11.5 Å². The highest BCUT2D eigenvalue weighted by Gasteiger charge is 2.17. The standard InChI is InChI=1S/C17H20FN3O3/c18-13-9-7-12(8-10-13)16-20-21(17(23)24-16)11-15(22)19-14-5-3-1-2-4-6-14/h7-10,14H,1-6,11H2,(H,19,22). The third-order valence-electron chi connectivity index (χ3n) is 4.21. The molecule has 0 aliphatic heterocycles. The van der Waals surface area contributed by atoms with Crippen LogP contribution in [0.4, 0.5) is 4.39 Å². The van der Waals surface area contributed by atoms with Crippen molar-refractivity contribution in [3.8, 4) is 11.5 Å². The first-order chi connectivity index (χ1) is 11.6. The first-order valence-electron chi connectivity index (χ1n) is 8.25. The minimum Gasteiger partial charge on any atom is -0.388 e. The monoisotopic (exact) mass is 333 g/mol. The average Bonchev–Trinajstić information content (AvgIpc) is 2.75. The number of halogens is 1. The summed E-state index contributed by atoms with van der Waals surface area (Å²) in [6.07, 6.45) is 6.58. The molecule has 3 rings (SSSR count). The van der Waals surface area contributed by atoms with Crippen LogP contribution in [-0.4, -0.2) is 21.7 Å². The van der Waals surface area contributed by atoms with E-state index in [-0.39, 0.29) is 30.2 Å². The molecule has 1 N–H and O–H groups in total. The van der Waals surface area contributed by atoms with Gasteiger partial charge in [-0.2, -0.15) is 4.68 Å². The highest BCUT2D eigenvalue weighted by Crippen LogP contribution is 2.17. The smallest absolute Gasteiger partial charge is 0.388 e. The predicted octanol–water partition coefficient (Wildman–Crippen LogP) is 2.48. The fraction of sp³-hybridized carbons (Fsp3) is 0.471. The lowest BCUT2D eigenvalue weighted by Gasteiger charge is -2.15. The molecule has 1 fully saturated rings. The van der Waals surface area contributed by atoms with Crippen LogP contribution in [-0.2, 0) is 11.3 Å². The Balaban J connectivity index is 1.65. The Hall–Kier alpha value is -2.44. The Bertz CT molecular complexity index is 743. The minimum absolute atomic E-state index is 0.0715. The minimum atomic E-state index is -0.703. The van der Waals surface area contributed by atoms with Gasteiger partial charge in [0.1, 0.15) is 12.4 Å². The molecule has 1 amide bonds. The van der Waals surface area contributed by atoms with Crippen molar-refractivity contribution in [2.24, 2.45) is 0 Å². The van der Waals surface area contributed by atoms with E-state index in [0.717, 1.165) is 30.4 Å². The van der Waals surface area contributed by atoms with Gasteiger partial charge in [-0.25, -0.2) is 9.18 Å². The number of amides is 1. The van der Waals surface area contributed by atoms with Gasteiger partial charge in [-0.15, -0.1) is 5.10 Å². The van der Waals surface area contributed by atoms with Gasteiger partial charge in [0.05, 0.1) is 0 Å².